The minimum atomic E-state index is -0.798. The number of ether oxygens (including phenoxy) is 5. The van der Waals surface area contributed by atoms with Crippen molar-refractivity contribution in [3.63, 3.8) is 0 Å². The maximum absolute atomic E-state index is 13.4. The summed E-state index contributed by atoms with van der Waals surface area (Å²) in [4.78, 5) is 30.5. The SMILES string of the molecule is COc1ccc([C@@H]2/C(=C(\O)c3ccc4c(c3)OCCO4)C(=O)C(=O)N2CCCN2CCOCC2)cc1OC. The van der Waals surface area contributed by atoms with Gasteiger partial charge in [-0.25, -0.2) is 0 Å². The molecule has 2 fully saturated rings. The Morgan fingerprint density at radius 3 is 2.39 bits per heavy atom. The van der Waals surface area contributed by atoms with E-state index in [1.54, 1.807) is 36.4 Å². The van der Waals surface area contributed by atoms with E-state index in [0.29, 0.717) is 73.5 Å². The molecule has 0 aliphatic carbocycles. The number of likely N-dealkylation sites (tertiary alicyclic amines) is 1. The van der Waals surface area contributed by atoms with Crippen molar-refractivity contribution in [3.8, 4) is 23.0 Å². The zero-order chi connectivity index (χ0) is 26.6. The van der Waals surface area contributed by atoms with Crippen LogP contribution in [0.1, 0.15) is 23.6 Å². The monoisotopic (exact) mass is 524 g/mol. The number of amides is 1. The van der Waals surface area contributed by atoms with Gasteiger partial charge in [-0.15, -0.1) is 0 Å². The highest BCUT2D eigenvalue weighted by Crippen LogP contribution is 2.43. The number of Topliss-reactive ketones (excluding diaryl/α,β-unsaturated/α-hetero) is 1. The molecule has 10 nitrogen and oxygen atoms in total. The summed E-state index contributed by atoms with van der Waals surface area (Å²) in [6, 6.07) is 9.42. The molecule has 0 saturated carbocycles. The van der Waals surface area contributed by atoms with Gasteiger partial charge in [-0.1, -0.05) is 6.07 Å². The number of benzene rings is 2. The van der Waals surface area contributed by atoms with Gasteiger partial charge in [0.25, 0.3) is 11.7 Å². The number of aliphatic hydroxyl groups is 1. The number of hydrogen-bond acceptors (Lipinski definition) is 9. The molecule has 38 heavy (non-hydrogen) atoms. The molecule has 0 spiro atoms. The van der Waals surface area contributed by atoms with Crippen LogP contribution in [0, 0.1) is 0 Å². The van der Waals surface area contributed by atoms with E-state index in [4.69, 9.17) is 23.7 Å². The summed E-state index contributed by atoms with van der Waals surface area (Å²) in [6.45, 7) is 4.98. The summed E-state index contributed by atoms with van der Waals surface area (Å²) in [5.74, 6) is 0.372. The number of fused-ring (bicyclic) bond motifs is 1. The largest absolute Gasteiger partial charge is 0.507 e. The van der Waals surface area contributed by atoms with Crippen LogP contribution >= 0.6 is 0 Å². The topological polar surface area (TPSA) is 107 Å². The molecule has 0 radical (unpaired) electrons. The van der Waals surface area contributed by atoms with Gasteiger partial charge >= 0.3 is 0 Å². The third-order valence-corrected chi connectivity index (χ3v) is 7.06. The molecule has 0 bridgehead atoms. The van der Waals surface area contributed by atoms with E-state index in [1.807, 2.05) is 0 Å². The lowest BCUT2D eigenvalue weighted by atomic mass is 9.94. The molecular formula is C28H32N2O8. The summed E-state index contributed by atoms with van der Waals surface area (Å²) in [6.07, 6.45) is 0.668. The second kappa shape index (κ2) is 11.3. The first-order valence-electron chi connectivity index (χ1n) is 12.7. The predicted octanol–water partition coefficient (Wildman–Crippen LogP) is 2.62. The summed E-state index contributed by atoms with van der Waals surface area (Å²) in [5.41, 5.74) is 1.02. The van der Waals surface area contributed by atoms with Gasteiger partial charge in [0.05, 0.1) is 39.0 Å². The molecule has 1 N–H and O–H groups in total. The van der Waals surface area contributed by atoms with Gasteiger partial charge in [0.2, 0.25) is 0 Å². The van der Waals surface area contributed by atoms with Gasteiger partial charge in [0.15, 0.2) is 23.0 Å². The van der Waals surface area contributed by atoms with Gasteiger partial charge in [-0.3, -0.25) is 14.5 Å². The Balaban J connectivity index is 1.52. The second-order valence-electron chi connectivity index (χ2n) is 9.27. The van der Waals surface area contributed by atoms with Crippen molar-refractivity contribution >= 4 is 17.4 Å². The highest BCUT2D eigenvalue weighted by Gasteiger charge is 2.46. The maximum Gasteiger partial charge on any atom is 0.295 e. The van der Waals surface area contributed by atoms with E-state index < -0.39 is 17.7 Å². The highest BCUT2D eigenvalue weighted by molar-refractivity contribution is 6.46. The zero-order valence-corrected chi connectivity index (χ0v) is 21.6. The van der Waals surface area contributed by atoms with Gasteiger partial charge in [-0.05, 0) is 42.3 Å². The Morgan fingerprint density at radius 2 is 1.66 bits per heavy atom. The van der Waals surface area contributed by atoms with E-state index in [2.05, 4.69) is 4.90 Å². The third-order valence-electron chi connectivity index (χ3n) is 7.06. The molecule has 3 aliphatic rings. The molecule has 5 rings (SSSR count). The van der Waals surface area contributed by atoms with Crippen LogP contribution in [0.4, 0.5) is 0 Å². The van der Waals surface area contributed by atoms with Crippen molar-refractivity contribution in [2.75, 3.05) is 66.8 Å². The first-order valence-corrected chi connectivity index (χ1v) is 12.7. The van der Waals surface area contributed by atoms with E-state index in [-0.39, 0.29) is 11.3 Å². The van der Waals surface area contributed by atoms with E-state index in [1.165, 1.54) is 19.1 Å². The van der Waals surface area contributed by atoms with Crippen LogP contribution in [0.5, 0.6) is 23.0 Å². The van der Waals surface area contributed by atoms with Gasteiger partial charge < -0.3 is 33.7 Å². The van der Waals surface area contributed by atoms with Crippen LogP contribution in [-0.4, -0.2) is 93.4 Å². The molecule has 10 heteroatoms. The fourth-order valence-corrected chi connectivity index (χ4v) is 5.12. The first kappa shape index (κ1) is 25.9. The van der Waals surface area contributed by atoms with Crippen LogP contribution in [0.2, 0.25) is 0 Å². The van der Waals surface area contributed by atoms with Gasteiger partial charge in [-0.2, -0.15) is 0 Å². The summed E-state index contributed by atoms with van der Waals surface area (Å²) < 4.78 is 27.5. The number of carbonyl (C=O) groups excluding carboxylic acids is 2. The van der Waals surface area contributed by atoms with Crippen molar-refractivity contribution in [1.82, 2.24) is 9.80 Å². The van der Waals surface area contributed by atoms with Crippen molar-refractivity contribution in [2.45, 2.75) is 12.5 Å². The predicted molar refractivity (Wildman–Crippen MR) is 138 cm³/mol. The Morgan fingerprint density at radius 1 is 0.921 bits per heavy atom. The zero-order valence-electron chi connectivity index (χ0n) is 21.6. The molecule has 2 aromatic carbocycles. The minimum absolute atomic E-state index is 0.0188. The number of hydrogen-bond donors (Lipinski definition) is 1. The van der Waals surface area contributed by atoms with Gasteiger partial charge in [0, 0.05) is 31.7 Å². The first-order chi connectivity index (χ1) is 18.5. The molecule has 3 heterocycles. The minimum Gasteiger partial charge on any atom is -0.507 e. The highest BCUT2D eigenvalue weighted by atomic mass is 16.6. The number of rotatable bonds is 8. The van der Waals surface area contributed by atoms with E-state index in [0.717, 1.165) is 19.6 Å². The lowest BCUT2D eigenvalue weighted by Gasteiger charge is -2.29. The summed E-state index contributed by atoms with van der Waals surface area (Å²) in [5, 5.41) is 11.4. The van der Waals surface area contributed by atoms with Crippen molar-refractivity contribution in [2.24, 2.45) is 0 Å². The lowest BCUT2D eigenvalue weighted by Crippen LogP contribution is -2.38. The van der Waals surface area contributed by atoms with Crippen LogP contribution in [-0.2, 0) is 14.3 Å². The Kier molecular flexibility index (Phi) is 7.71. The van der Waals surface area contributed by atoms with Crippen molar-refractivity contribution in [1.29, 1.82) is 0 Å². The molecule has 2 aromatic rings. The summed E-state index contributed by atoms with van der Waals surface area (Å²) >= 11 is 0. The smallest absolute Gasteiger partial charge is 0.295 e. The second-order valence-corrected chi connectivity index (χ2v) is 9.27. The number of nitrogens with zero attached hydrogens (tertiary/aromatic N) is 2. The van der Waals surface area contributed by atoms with E-state index in [9.17, 15) is 14.7 Å². The van der Waals surface area contributed by atoms with Crippen LogP contribution in [0.3, 0.4) is 0 Å². The molecule has 0 aromatic heterocycles. The van der Waals surface area contributed by atoms with Gasteiger partial charge in [0.1, 0.15) is 19.0 Å². The van der Waals surface area contributed by atoms with E-state index >= 15 is 0 Å². The standard InChI is InChI=1S/C28H32N2O8/c1-34-20-6-4-18(16-22(20)35-2)25-24(26(31)19-5-7-21-23(17-19)38-15-14-37-21)27(32)28(33)30(25)9-3-8-29-10-12-36-13-11-29/h4-7,16-17,25,31H,3,8-15H2,1-2H3/b26-24+/t25-/m1/s1. The summed E-state index contributed by atoms with van der Waals surface area (Å²) in [7, 11) is 3.06. The Hall–Kier alpha value is -3.76. The number of aliphatic hydroxyl groups excluding tert-OH is 1. The van der Waals surface area contributed by atoms with Crippen LogP contribution < -0.4 is 18.9 Å². The number of morpholine rings is 1. The fourth-order valence-electron chi connectivity index (χ4n) is 5.12. The quantitative estimate of drug-likeness (QED) is 0.317. The number of methoxy groups -OCH3 is 2. The third kappa shape index (κ3) is 5.01. The molecule has 202 valence electrons. The normalized spacial score (nSPS) is 21.0. The molecule has 2 saturated heterocycles. The average molecular weight is 525 g/mol. The number of carbonyl (C=O) groups is 2. The Labute approximate surface area is 221 Å². The molecular weight excluding hydrogens is 492 g/mol. The fraction of sp³-hybridized carbons (Fsp3) is 0.429. The molecule has 1 amide bonds. The Bertz CT molecular complexity index is 1240. The maximum atomic E-state index is 13.4. The molecule has 1 atom stereocenters. The van der Waals surface area contributed by atoms with Crippen LogP contribution in [0.15, 0.2) is 42.0 Å². The lowest BCUT2D eigenvalue weighted by molar-refractivity contribution is -0.140. The number of ketones is 1. The van der Waals surface area contributed by atoms with Crippen LogP contribution in [0.25, 0.3) is 5.76 Å². The molecule has 0 unspecified atom stereocenters. The van der Waals surface area contributed by atoms with Crippen molar-refractivity contribution < 1.29 is 38.4 Å². The average Bonchev–Trinajstić information content (AvgIpc) is 3.21. The van der Waals surface area contributed by atoms with Crippen molar-refractivity contribution in [3.05, 3.63) is 53.1 Å². The molecule has 3 aliphatic heterocycles.